The Labute approximate surface area is 212 Å². The molecule has 0 bridgehead atoms. The molecule has 2 aromatic carbocycles. The van der Waals surface area contributed by atoms with E-state index in [1.807, 2.05) is 61.5 Å². The highest BCUT2D eigenvalue weighted by atomic mass is 16.6. The Morgan fingerprint density at radius 3 is 2.47 bits per heavy atom. The van der Waals surface area contributed by atoms with Crippen LogP contribution in [0.25, 0.3) is 0 Å². The number of ether oxygens (including phenoxy) is 3. The maximum atomic E-state index is 13.5. The minimum Gasteiger partial charge on any atom is -0.490 e. The molecule has 1 saturated heterocycles. The van der Waals surface area contributed by atoms with Crippen LogP contribution in [0.3, 0.4) is 0 Å². The number of esters is 1. The van der Waals surface area contributed by atoms with Crippen LogP contribution in [0, 0.1) is 0 Å². The fourth-order valence-electron chi connectivity index (χ4n) is 4.09. The van der Waals surface area contributed by atoms with Crippen molar-refractivity contribution >= 4 is 17.8 Å². The predicted octanol–water partition coefficient (Wildman–Crippen LogP) is 3.70. The van der Waals surface area contributed by atoms with Crippen molar-refractivity contribution in [1.82, 2.24) is 10.2 Å². The lowest BCUT2D eigenvalue weighted by Gasteiger charge is -2.36. The quantitative estimate of drug-likeness (QED) is 0.356. The van der Waals surface area contributed by atoms with E-state index in [0.29, 0.717) is 31.0 Å². The molecule has 1 heterocycles. The first kappa shape index (κ1) is 27.0. The molecule has 1 N–H and O–H groups in total. The number of rotatable bonds is 12. The highest BCUT2D eigenvalue weighted by Gasteiger charge is 2.38. The summed E-state index contributed by atoms with van der Waals surface area (Å²) in [4.78, 5) is 40.1. The van der Waals surface area contributed by atoms with Crippen LogP contribution >= 0.6 is 0 Å². The zero-order valence-electron chi connectivity index (χ0n) is 21.3. The van der Waals surface area contributed by atoms with E-state index in [0.717, 1.165) is 12.0 Å². The maximum Gasteiger partial charge on any atom is 0.308 e. The summed E-state index contributed by atoms with van der Waals surface area (Å²) in [5.74, 6) is 0.379. The van der Waals surface area contributed by atoms with Gasteiger partial charge in [-0.2, -0.15) is 0 Å². The van der Waals surface area contributed by atoms with E-state index in [1.54, 1.807) is 0 Å². The summed E-state index contributed by atoms with van der Waals surface area (Å²) in [6, 6.07) is 16.0. The Morgan fingerprint density at radius 1 is 1.03 bits per heavy atom. The lowest BCUT2D eigenvalue weighted by Crippen LogP contribution is -2.60. The molecule has 194 valence electrons. The predicted molar refractivity (Wildman–Crippen MR) is 136 cm³/mol. The Bertz CT molecular complexity index is 1010. The molecular formula is C28H36N2O6. The van der Waals surface area contributed by atoms with E-state index in [-0.39, 0.29) is 37.4 Å². The molecule has 0 spiro atoms. The van der Waals surface area contributed by atoms with E-state index in [9.17, 15) is 14.4 Å². The third-order valence-corrected chi connectivity index (χ3v) is 6.31. The van der Waals surface area contributed by atoms with Crippen LogP contribution in [0.15, 0.2) is 54.6 Å². The SMILES string of the molecule is CCC(Oc1ccccc1C(C)CC)C(=O)N1CCNC(=O)C1CC(=O)OCCOc1ccccc1. The van der Waals surface area contributed by atoms with Gasteiger partial charge in [0.2, 0.25) is 5.91 Å². The number of hydrogen-bond acceptors (Lipinski definition) is 6. The topological polar surface area (TPSA) is 94.2 Å². The summed E-state index contributed by atoms with van der Waals surface area (Å²) in [7, 11) is 0. The first-order valence-corrected chi connectivity index (χ1v) is 12.6. The molecule has 3 unspecified atom stereocenters. The second-order valence-electron chi connectivity index (χ2n) is 8.79. The van der Waals surface area contributed by atoms with Gasteiger partial charge in [-0.25, -0.2) is 0 Å². The number of benzene rings is 2. The monoisotopic (exact) mass is 496 g/mol. The van der Waals surface area contributed by atoms with Gasteiger partial charge in [0.25, 0.3) is 5.91 Å². The number of piperazine rings is 1. The molecule has 0 aliphatic carbocycles. The number of carbonyl (C=O) groups is 3. The second-order valence-corrected chi connectivity index (χ2v) is 8.79. The molecular weight excluding hydrogens is 460 g/mol. The summed E-state index contributed by atoms with van der Waals surface area (Å²) in [6.07, 6.45) is 0.375. The Balaban J connectivity index is 1.61. The van der Waals surface area contributed by atoms with Gasteiger partial charge >= 0.3 is 5.97 Å². The van der Waals surface area contributed by atoms with Gasteiger partial charge < -0.3 is 24.4 Å². The van der Waals surface area contributed by atoms with Crippen molar-refractivity contribution in [2.24, 2.45) is 0 Å². The summed E-state index contributed by atoms with van der Waals surface area (Å²) in [5, 5.41) is 2.74. The molecule has 3 rings (SSSR count). The zero-order valence-corrected chi connectivity index (χ0v) is 21.3. The van der Waals surface area contributed by atoms with E-state index in [2.05, 4.69) is 19.2 Å². The fraction of sp³-hybridized carbons (Fsp3) is 0.464. The molecule has 0 saturated carbocycles. The van der Waals surface area contributed by atoms with Crippen molar-refractivity contribution in [3.63, 3.8) is 0 Å². The van der Waals surface area contributed by atoms with Gasteiger partial charge in [0.15, 0.2) is 6.10 Å². The highest BCUT2D eigenvalue weighted by Crippen LogP contribution is 2.30. The van der Waals surface area contributed by atoms with Gasteiger partial charge in [-0.1, -0.05) is 57.2 Å². The molecule has 0 aromatic heterocycles. The molecule has 1 aliphatic rings. The van der Waals surface area contributed by atoms with Crippen LogP contribution in [0.2, 0.25) is 0 Å². The Kier molecular flexibility index (Phi) is 10.2. The number of hydrogen-bond donors (Lipinski definition) is 1. The summed E-state index contributed by atoms with van der Waals surface area (Å²) < 4.78 is 17.0. The van der Waals surface area contributed by atoms with Gasteiger partial charge in [0.1, 0.15) is 30.8 Å². The minimum absolute atomic E-state index is 0.0447. The van der Waals surface area contributed by atoms with Gasteiger partial charge in [0.05, 0.1) is 6.42 Å². The molecule has 8 heteroatoms. The number of nitrogens with zero attached hydrogens (tertiary/aromatic N) is 1. The molecule has 36 heavy (non-hydrogen) atoms. The van der Waals surface area contributed by atoms with E-state index >= 15 is 0 Å². The van der Waals surface area contributed by atoms with E-state index in [4.69, 9.17) is 14.2 Å². The largest absolute Gasteiger partial charge is 0.490 e. The molecule has 2 aromatic rings. The molecule has 2 amide bonds. The van der Waals surface area contributed by atoms with Crippen LogP contribution < -0.4 is 14.8 Å². The van der Waals surface area contributed by atoms with Gasteiger partial charge in [-0.15, -0.1) is 0 Å². The summed E-state index contributed by atoms with van der Waals surface area (Å²) in [6.45, 7) is 6.95. The average Bonchev–Trinajstić information content (AvgIpc) is 2.91. The molecule has 1 aliphatic heterocycles. The van der Waals surface area contributed by atoms with Crippen molar-refractivity contribution in [2.75, 3.05) is 26.3 Å². The summed E-state index contributed by atoms with van der Waals surface area (Å²) >= 11 is 0. The van der Waals surface area contributed by atoms with Gasteiger partial charge in [-0.3, -0.25) is 14.4 Å². The molecule has 8 nitrogen and oxygen atoms in total. The molecule has 3 atom stereocenters. The van der Waals surface area contributed by atoms with Crippen LogP contribution in [0.1, 0.15) is 51.5 Å². The van der Waals surface area contributed by atoms with Crippen LogP contribution in [-0.2, 0) is 19.1 Å². The number of nitrogens with one attached hydrogen (secondary N) is 1. The van der Waals surface area contributed by atoms with Crippen molar-refractivity contribution < 1.29 is 28.6 Å². The third-order valence-electron chi connectivity index (χ3n) is 6.31. The summed E-state index contributed by atoms with van der Waals surface area (Å²) in [5.41, 5.74) is 1.04. The normalized spacial score (nSPS) is 17.0. The zero-order chi connectivity index (χ0) is 25.9. The first-order valence-electron chi connectivity index (χ1n) is 12.6. The van der Waals surface area contributed by atoms with Gasteiger partial charge in [-0.05, 0) is 42.5 Å². The molecule has 0 radical (unpaired) electrons. The lowest BCUT2D eigenvalue weighted by atomic mass is 9.97. The van der Waals surface area contributed by atoms with Gasteiger partial charge in [0, 0.05) is 13.1 Å². The fourth-order valence-corrected chi connectivity index (χ4v) is 4.09. The standard InChI is InChI=1S/C28H36N2O6/c1-4-20(3)22-13-9-10-14-25(22)36-24(5-2)28(33)30-16-15-29-27(32)23(30)19-26(31)35-18-17-34-21-11-7-6-8-12-21/h6-14,20,23-24H,4-5,15-19H2,1-3H3,(H,29,32). The number of amides is 2. The lowest BCUT2D eigenvalue weighted by molar-refractivity contribution is -0.154. The first-order chi connectivity index (χ1) is 17.4. The third kappa shape index (κ3) is 7.23. The highest BCUT2D eigenvalue weighted by molar-refractivity contribution is 5.93. The van der Waals surface area contributed by atoms with Crippen molar-refractivity contribution in [3.8, 4) is 11.5 Å². The smallest absolute Gasteiger partial charge is 0.308 e. The Morgan fingerprint density at radius 2 is 1.75 bits per heavy atom. The van der Waals surface area contributed by atoms with Crippen molar-refractivity contribution in [1.29, 1.82) is 0 Å². The Hall–Kier alpha value is -3.55. The van der Waals surface area contributed by atoms with Crippen molar-refractivity contribution in [2.45, 2.75) is 58.1 Å². The maximum absolute atomic E-state index is 13.5. The van der Waals surface area contributed by atoms with Crippen LogP contribution in [-0.4, -0.2) is 61.1 Å². The van der Waals surface area contributed by atoms with Crippen LogP contribution in [0.5, 0.6) is 11.5 Å². The average molecular weight is 497 g/mol. The number of carbonyl (C=O) groups excluding carboxylic acids is 3. The van der Waals surface area contributed by atoms with Crippen molar-refractivity contribution in [3.05, 3.63) is 60.2 Å². The minimum atomic E-state index is -0.948. The van der Waals surface area contributed by atoms with Crippen LogP contribution in [0.4, 0.5) is 0 Å². The number of para-hydroxylation sites is 2. The second kappa shape index (κ2) is 13.5. The van der Waals surface area contributed by atoms with E-state index < -0.39 is 18.1 Å². The molecule has 1 fully saturated rings. The van der Waals surface area contributed by atoms with E-state index in [1.165, 1.54) is 4.90 Å².